The van der Waals surface area contributed by atoms with Crippen molar-refractivity contribution in [3.05, 3.63) is 29.8 Å². The summed E-state index contributed by atoms with van der Waals surface area (Å²) in [6, 6.07) is 8.41. The highest BCUT2D eigenvalue weighted by molar-refractivity contribution is 5.89. The van der Waals surface area contributed by atoms with Gasteiger partial charge in [0.1, 0.15) is 0 Å². The molecule has 2 rings (SSSR count). The monoisotopic (exact) mass is 289 g/mol. The van der Waals surface area contributed by atoms with Gasteiger partial charge in [-0.2, -0.15) is 0 Å². The largest absolute Gasteiger partial charge is 0.324 e. The van der Waals surface area contributed by atoms with Crippen LogP contribution >= 0.6 is 0 Å². The third-order valence-corrected chi connectivity index (χ3v) is 4.05. The number of nitrogens with one attached hydrogen (secondary N) is 2. The van der Waals surface area contributed by atoms with E-state index in [2.05, 4.69) is 36.6 Å². The summed E-state index contributed by atoms with van der Waals surface area (Å²) in [6.45, 7) is 5.96. The molecule has 1 aliphatic carbocycles. The van der Waals surface area contributed by atoms with E-state index in [0.717, 1.165) is 31.1 Å². The lowest BCUT2D eigenvalue weighted by Crippen LogP contribution is -2.37. The predicted molar refractivity (Wildman–Crippen MR) is 87.5 cm³/mol. The Bertz CT molecular complexity index is 454. The maximum absolute atomic E-state index is 12.3. The number of benzene rings is 1. The number of amides is 2. The van der Waals surface area contributed by atoms with Crippen LogP contribution in [0.3, 0.4) is 0 Å². The summed E-state index contributed by atoms with van der Waals surface area (Å²) in [5, 5.41) is 6.22. The van der Waals surface area contributed by atoms with Gasteiger partial charge < -0.3 is 15.5 Å². The highest BCUT2D eigenvalue weighted by Gasteiger charge is 2.26. The summed E-state index contributed by atoms with van der Waals surface area (Å²) in [5.41, 5.74) is 2.09. The summed E-state index contributed by atoms with van der Waals surface area (Å²) in [4.78, 5) is 14.3. The van der Waals surface area contributed by atoms with Crippen LogP contribution in [0.25, 0.3) is 0 Å². The molecule has 4 heteroatoms. The van der Waals surface area contributed by atoms with Gasteiger partial charge in [0.15, 0.2) is 0 Å². The molecule has 116 valence electrons. The second-order valence-electron chi connectivity index (χ2n) is 5.95. The van der Waals surface area contributed by atoms with Crippen molar-refractivity contribution in [2.24, 2.45) is 5.92 Å². The smallest absolute Gasteiger partial charge is 0.321 e. The van der Waals surface area contributed by atoms with Gasteiger partial charge in [0.25, 0.3) is 0 Å². The van der Waals surface area contributed by atoms with E-state index in [1.807, 2.05) is 24.1 Å². The average Bonchev–Trinajstić information content (AvgIpc) is 3.31. The van der Waals surface area contributed by atoms with Crippen LogP contribution in [0.1, 0.15) is 44.7 Å². The minimum absolute atomic E-state index is 0.0261. The Balaban J connectivity index is 1.93. The zero-order valence-electron chi connectivity index (χ0n) is 13.4. The van der Waals surface area contributed by atoms with Crippen molar-refractivity contribution in [2.45, 2.75) is 39.2 Å². The van der Waals surface area contributed by atoms with Crippen LogP contribution in [0, 0.1) is 5.92 Å². The van der Waals surface area contributed by atoms with Crippen molar-refractivity contribution in [1.82, 2.24) is 10.2 Å². The summed E-state index contributed by atoms with van der Waals surface area (Å²) < 4.78 is 0. The Morgan fingerprint density at radius 3 is 2.52 bits per heavy atom. The SMILES string of the molecule is CCCN(CC1CC1)C(=O)Nc1ccc(C(C)NC)cc1. The van der Waals surface area contributed by atoms with Crippen molar-refractivity contribution in [3.8, 4) is 0 Å². The van der Waals surface area contributed by atoms with Gasteiger partial charge in [-0.05, 0) is 56.8 Å². The Morgan fingerprint density at radius 1 is 1.33 bits per heavy atom. The molecule has 1 aromatic rings. The fraction of sp³-hybridized carbons (Fsp3) is 0.588. The summed E-state index contributed by atoms with van der Waals surface area (Å²) >= 11 is 0. The van der Waals surface area contributed by atoms with Crippen LogP contribution in [-0.2, 0) is 0 Å². The third-order valence-electron chi connectivity index (χ3n) is 4.05. The molecule has 1 aromatic carbocycles. The van der Waals surface area contributed by atoms with E-state index in [1.165, 1.54) is 18.4 Å². The topological polar surface area (TPSA) is 44.4 Å². The number of rotatable bonds is 7. The van der Waals surface area contributed by atoms with Gasteiger partial charge in [-0.25, -0.2) is 4.79 Å². The van der Waals surface area contributed by atoms with Crippen LogP contribution in [0.5, 0.6) is 0 Å². The molecule has 0 aromatic heterocycles. The van der Waals surface area contributed by atoms with Crippen molar-refractivity contribution in [3.63, 3.8) is 0 Å². The fourth-order valence-electron chi connectivity index (χ4n) is 2.38. The second-order valence-corrected chi connectivity index (χ2v) is 5.95. The fourth-order valence-corrected chi connectivity index (χ4v) is 2.38. The highest BCUT2D eigenvalue weighted by atomic mass is 16.2. The normalized spacial score (nSPS) is 15.6. The van der Waals surface area contributed by atoms with E-state index in [-0.39, 0.29) is 6.03 Å². The van der Waals surface area contributed by atoms with Crippen molar-refractivity contribution in [2.75, 3.05) is 25.5 Å². The lowest BCUT2D eigenvalue weighted by molar-refractivity contribution is 0.209. The number of carbonyl (C=O) groups excluding carboxylic acids is 1. The molecule has 0 radical (unpaired) electrons. The van der Waals surface area contributed by atoms with Crippen molar-refractivity contribution in [1.29, 1.82) is 0 Å². The Kier molecular flexibility index (Phi) is 5.62. The number of anilines is 1. The first kappa shape index (κ1) is 15.8. The van der Waals surface area contributed by atoms with E-state index < -0.39 is 0 Å². The molecule has 21 heavy (non-hydrogen) atoms. The maximum Gasteiger partial charge on any atom is 0.321 e. The van der Waals surface area contributed by atoms with E-state index in [1.54, 1.807) is 0 Å². The molecule has 0 saturated heterocycles. The number of carbonyl (C=O) groups is 1. The minimum atomic E-state index is 0.0261. The summed E-state index contributed by atoms with van der Waals surface area (Å²) in [5.74, 6) is 0.723. The van der Waals surface area contributed by atoms with E-state index >= 15 is 0 Å². The lowest BCUT2D eigenvalue weighted by atomic mass is 10.1. The Morgan fingerprint density at radius 2 is 2.00 bits per heavy atom. The minimum Gasteiger partial charge on any atom is -0.324 e. The van der Waals surface area contributed by atoms with E-state index in [4.69, 9.17) is 0 Å². The first-order valence-electron chi connectivity index (χ1n) is 7.97. The second kappa shape index (κ2) is 7.46. The van der Waals surface area contributed by atoms with E-state index in [9.17, 15) is 4.79 Å². The maximum atomic E-state index is 12.3. The zero-order valence-corrected chi connectivity index (χ0v) is 13.4. The van der Waals surface area contributed by atoms with Gasteiger partial charge in [-0.1, -0.05) is 19.1 Å². The number of hydrogen-bond donors (Lipinski definition) is 2. The quantitative estimate of drug-likeness (QED) is 0.805. The number of urea groups is 1. The molecule has 1 aliphatic rings. The molecular formula is C17H27N3O. The molecule has 1 saturated carbocycles. The molecule has 0 spiro atoms. The van der Waals surface area contributed by atoms with Crippen LogP contribution < -0.4 is 10.6 Å². The predicted octanol–water partition coefficient (Wildman–Crippen LogP) is 3.62. The van der Waals surface area contributed by atoms with Crippen molar-refractivity contribution >= 4 is 11.7 Å². The third kappa shape index (κ3) is 4.74. The van der Waals surface area contributed by atoms with Crippen LogP contribution in [0.4, 0.5) is 10.5 Å². The molecule has 0 aliphatic heterocycles. The number of hydrogen-bond acceptors (Lipinski definition) is 2. The lowest BCUT2D eigenvalue weighted by Gasteiger charge is -2.22. The van der Waals surface area contributed by atoms with Crippen molar-refractivity contribution < 1.29 is 4.79 Å². The molecule has 4 nitrogen and oxygen atoms in total. The molecule has 1 unspecified atom stereocenters. The van der Waals surface area contributed by atoms with Gasteiger partial charge in [0.2, 0.25) is 0 Å². The standard InChI is InChI=1S/C17H27N3O/c1-4-11-20(12-14-5-6-14)17(21)19-16-9-7-15(8-10-16)13(2)18-3/h7-10,13-14,18H,4-6,11-12H2,1-3H3,(H,19,21). The zero-order chi connectivity index (χ0) is 15.2. The first-order chi connectivity index (χ1) is 10.1. The first-order valence-corrected chi connectivity index (χ1v) is 7.97. The molecule has 2 N–H and O–H groups in total. The highest BCUT2D eigenvalue weighted by Crippen LogP contribution is 2.30. The average molecular weight is 289 g/mol. The molecule has 0 bridgehead atoms. The Labute approximate surface area is 127 Å². The molecule has 2 amide bonds. The Hall–Kier alpha value is -1.55. The summed E-state index contributed by atoms with van der Waals surface area (Å²) in [6.07, 6.45) is 3.53. The van der Waals surface area contributed by atoms with Gasteiger partial charge in [0, 0.05) is 24.8 Å². The van der Waals surface area contributed by atoms with Crippen LogP contribution in [0.15, 0.2) is 24.3 Å². The summed E-state index contributed by atoms with van der Waals surface area (Å²) in [7, 11) is 1.95. The number of nitrogens with zero attached hydrogens (tertiary/aromatic N) is 1. The molecular weight excluding hydrogens is 262 g/mol. The van der Waals surface area contributed by atoms with Crippen LogP contribution in [0.2, 0.25) is 0 Å². The van der Waals surface area contributed by atoms with Gasteiger partial charge in [-0.3, -0.25) is 0 Å². The van der Waals surface area contributed by atoms with Gasteiger partial charge >= 0.3 is 6.03 Å². The van der Waals surface area contributed by atoms with Crippen LogP contribution in [-0.4, -0.2) is 31.1 Å². The van der Waals surface area contributed by atoms with Gasteiger partial charge in [0.05, 0.1) is 0 Å². The molecule has 1 fully saturated rings. The van der Waals surface area contributed by atoms with Gasteiger partial charge in [-0.15, -0.1) is 0 Å². The molecule has 1 atom stereocenters. The molecule has 0 heterocycles. The van der Waals surface area contributed by atoms with E-state index in [0.29, 0.717) is 6.04 Å².